The van der Waals surface area contributed by atoms with Crippen LogP contribution in [0.15, 0.2) is 17.1 Å². The van der Waals surface area contributed by atoms with Gasteiger partial charge < -0.3 is 19.8 Å². The minimum Gasteiger partial charge on any atom is -0.487 e. The molecule has 0 saturated carbocycles. The Labute approximate surface area is 146 Å². The average molecular weight is 347 g/mol. The van der Waals surface area contributed by atoms with Gasteiger partial charge in [0.15, 0.2) is 11.4 Å². The Bertz CT molecular complexity index is 726. The molecule has 1 N–H and O–H groups in total. The van der Waals surface area contributed by atoms with E-state index >= 15 is 0 Å². The normalized spacial score (nSPS) is 23.0. The van der Waals surface area contributed by atoms with Gasteiger partial charge in [-0.15, -0.1) is 0 Å². The van der Waals surface area contributed by atoms with Crippen LogP contribution in [0.25, 0.3) is 0 Å². The quantitative estimate of drug-likeness (QED) is 0.791. The van der Waals surface area contributed by atoms with Crippen molar-refractivity contribution in [1.82, 2.24) is 9.58 Å². The van der Waals surface area contributed by atoms with Crippen LogP contribution in [0, 0.1) is 5.41 Å². The summed E-state index contributed by atoms with van der Waals surface area (Å²) in [4.78, 5) is 27.1. The molecule has 1 unspecified atom stereocenters. The largest absolute Gasteiger partial charge is 0.487 e. The molecule has 1 aromatic heterocycles. The van der Waals surface area contributed by atoms with Gasteiger partial charge in [-0.25, -0.2) is 0 Å². The fraction of sp³-hybridized carbons (Fsp3) is 0.667. The summed E-state index contributed by atoms with van der Waals surface area (Å²) in [6, 6.07) is 1.46. The maximum atomic E-state index is 13.0. The van der Waals surface area contributed by atoms with Gasteiger partial charge in [-0.2, -0.15) is 0 Å². The summed E-state index contributed by atoms with van der Waals surface area (Å²) in [5.74, 6) is 0.0366. The minimum atomic E-state index is -0.240. The van der Waals surface area contributed by atoms with Crippen LogP contribution in [0.2, 0.25) is 0 Å². The van der Waals surface area contributed by atoms with Gasteiger partial charge in [-0.1, -0.05) is 26.2 Å². The number of amides is 1. The first kappa shape index (κ1) is 16.4. The lowest BCUT2D eigenvalue weighted by Crippen LogP contribution is -2.51. The number of rotatable bonds is 6. The molecule has 1 spiro atoms. The number of pyridine rings is 1. The molecule has 1 aromatic rings. The van der Waals surface area contributed by atoms with Gasteiger partial charge in [-0.05, 0) is 12.8 Å². The molecule has 1 amide bonds. The molecule has 3 aliphatic heterocycles. The molecule has 136 valence electrons. The monoisotopic (exact) mass is 347 g/mol. The summed E-state index contributed by atoms with van der Waals surface area (Å²) >= 11 is 0. The van der Waals surface area contributed by atoms with E-state index in [9.17, 15) is 9.59 Å². The van der Waals surface area contributed by atoms with Crippen LogP contribution in [0.5, 0.6) is 5.75 Å². The second-order valence-electron chi connectivity index (χ2n) is 7.41. The second kappa shape index (κ2) is 6.37. The highest BCUT2D eigenvalue weighted by Gasteiger charge is 2.53. The Morgan fingerprint density at radius 3 is 2.88 bits per heavy atom. The molecule has 2 fully saturated rings. The van der Waals surface area contributed by atoms with Gasteiger partial charge in [-0.3, -0.25) is 14.3 Å². The molecular weight excluding hydrogens is 322 g/mol. The zero-order chi connectivity index (χ0) is 17.4. The maximum Gasteiger partial charge on any atom is 0.278 e. The third kappa shape index (κ3) is 2.80. The SMILES string of the molecule is CCCCCCOc1c2n(ccc1=O)NC1CC3(COC3)CN1C2=O. The molecule has 0 bridgehead atoms. The summed E-state index contributed by atoms with van der Waals surface area (Å²) in [7, 11) is 0. The van der Waals surface area contributed by atoms with Gasteiger partial charge >= 0.3 is 0 Å². The predicted octanol–water partition coefficient (Wildman–Crippen LogP) is 1.55. The van der Waals surface area contributed by atoms with E-state index in [0.29, 0.717) is 32.1 Å². The standard InChI is InChI=1S/C18H25N3O4/c1-2-3-4-5-8-25-16-13(22)6-7-21-15(16)17(23)20-10-18(11-24-12-18)9-14(20)19-21/h6-7,14,19H,2-5,8-12H2,1H3. The van der Waals surface area contributed by atoms with E-state index in [2.05, 4.69) is 12.3 Å². The fourth-order valence-corrected chi connectivity index (χ4v) is 3.95. The average Bonchev–Trinajstić information content (AvgIpc) is 2.97. The van der Waals surface area contributed by atoms with Gasteiger partial charge in [0, 0.05) is 24.2 Å². The van der Waals surface area contributed by atoms with Crippen molar-refractivity contribution in [3.8, 4) is 5.75 Å². The molecule has 4 heterocycles. The van der Waals surface area contributed by atoms with Crippen molar-refractivity contribution in [1.29, 1.82) is 0 Å². The Morgan fingerprint density at radius 2 is 2.16 bits per heavy atom. The number of carbonyl (C=O) groups excluding carboxylic acids is 1. The molecule has 3 aliphatic rings. The maximum absolute atomic E-state index is 13.0. The highest BCUT2D eigenvalue weighted by Crippen LogP contribution is 2.42. The van der Waals surface area contributed by atoms with Crippen LogP contribution in [0.3, 0.4) is 0 Å². The van der Waals surface area contributed by atoms with Crippen LogP contribution >= 0.6 is 0 Å². The van der Waals surface area contributed by atoms with Crippen LogP contribution in [0.4, 0.5) is 0 Å². The van der Waals surface area contributed by atoms with Crippen molar-refractivity contribution in [3.05, 3.63) is 28.2 Å². The number of ether oxygens (including phenoxy) is 2. The first-order valence-corrected chi connectivity index (χ1v) is 9.17. The molecule has 25 heavy (non-hydrogen) atoms. The van der Waals surface area contributed by atoms with Crippen molar-refractivity contribution in [2.75, 3.05) is 31.8 Å². The van der Waals surface area contributed by atoms with Gasteiger partial charge in [0.05, 0.1) is 19.8 Å². The predicted molar refractivity (Wildman–Crippen MR) is 92.4 cm³/mol. The molecular formula is C18H25N3O4. The van der Waals surface area contributed by atoms with E-state index in [1.165, 1.54) is 6.07 Å². The number of unbranched alkanes of at least 4 members (excludes halogenated alkanes) is 3. The molecule has 7 heteroatoms. The van der Waals surface area contributed by atoms with Crippen LogP contribution < -0.4 is 15.6 Å². The lowest BCUT2D eigenvalue weighted by Gasteiger charge is -2.37. The van der Waals surface area contributed by atoms with E-state index in [4.69, 9.17) is 9.47 Å². The zero-order valence-electron chi connectivity index (χ0n) is 14.6. The number of carbonyl (C=O) groups is 1. The lowest BCUT2D eigenvalue weighted by atomic mass is 9.85. The Kier molecular flexibility index (Phi) is 4.19. The highest BCUT2D eigenvalue weighted by atomic mass is 16.5. The van der Waals surface area contributed by atoms with Crippen molar-refractivity contribution >= 4 is 5.91 Å². The third-order valence-electron chi connectivity index (χ3n) is 5.38. The van der Waals surface area contributed by atoms with E-state index in [-0.39, 0.29) is 28.7 Å². The number of nitrogens with zero attached hydrogens (tertiary/aromatic N) is 2. The summed E-state index contributed by atoms with van der Waals surface area (Å²) < 4.78 is 12.8. The van der Waals surface area contributed by atoms with Crippen LogP contribution in [-0.2, 0) is 4.74 Å². The van der Waals surface area contributed by atoms with E-state index < -0.39 is 0 Å². The Balaban J connectivity index is 1.55. The first-order valence-electron chi connectivity index (χ1n) is 9.17. The van der Waals surface area contributed by atoms with Crippen molar-refractivity contribution < 1.29 is 14.3 Å². The number of aromatic nitrogens is 1. The smallest absolute Gasteiger partial charge is 0.278 e. The third-order valence-corrected chi connectivity index (χ3v) is 5.38. The van der Waals surface area contributed by atoms with Crippen LogP contribution in [-0.4, -0.2) is 48.0 Å². The molecule has 1 atom stereocenters. The number of hydrogen-bond acceptors (Lipinski definition) is 5. The number of fused-ring (bicyclic) bond motifs is 2. The summed E-state index contributed by atoms with van der Waals surface area (Å²) in [6.45, 7) is 4.67. The Hall–Kier alpha value is -2.02. The summed E-state index contributed by atoms with van der Waals surface area (Å²) in [5.41, 5.74) is 3.48. The second-order valence-corrected chi connectivity index (χ2v) is 7.41. The molecule has 7 nitrogen and oxygen atoms in total. The fourth-order valence-electron chi connectivity index (χ4n) is 3.95. The molecule has 2 saturated heterocycles. The number of nitrogens with one attached hydrogen (secondary N) is 1. The zero-order valence-corrected chi connectivity index (χ0v) is 14.6. The summed E-state index contributed by atoms with van der Waals surface area (Å²) in [6.07, 6.45) is 6.69. The Morgan fingerprint density at radius 1 is 1.32 bits per heavy atom. The van der Waals surface area contributed by atoms with Crippen LogP contribution in [0.1, 0.15) is 49.5 Å². The van der Waals surface area contributed by atoms with Crippen molar-refractivity contribution in [3.63, 3.8) is 0 Å². The van der Waals surface area contributed by atoms with Crippen molar-refractivity contribution in [2.45, 2.75) is 45.2 Å². The number of hydrogen-bond donors (Lipinski definition) is 1. The minimum absolute atomic E-state index is 0.0520. The molecule has 0 aliphatic carbocycles. The first-order chi connectivity index (χ1) is 12.1. The molecule has 0 aromatic carbocycles. The summed E-state index contributed by atoms with van der Waals surface area (Å²) in [5, 5.41) is 0. The van der Waals surface area contributed by atoms with Gasteiger partial charge in [0.2, 0.25) is 5.43 Å². The van der Waals surface area contributed by atoms with E-state index in [0.717, 1.165) is 32.1 Å². The van der Waals surface area contributed by atoms with Gasteiger partial charge in [0.1, 0.15) is 6.17 Å². The molecule has 0 radical (unpaired) electrons. The lowest BCUT2D eigenvalue weighted by molar-refractivity contribution is -0.104. The van der Waals surface area contributed by atoms with E-state index in [1.54, 1.807) is 10.9 Å². The topological polar surface area (TPSA) is 72.8 Å². The highest BCUT2D eigenvalue weighted by molar-refractivity contribution is 5.96. The van der Waals surface area contributed by atoms with Gasteiger partial charge in [0.25, 0.3) is 5.91 Å². The van der Waals surface area contributed by atoms with E-state index in [1.807, 2.05) is 4.90 Å². The van der Waals surface area contributed by atoms with Crippen molar-refractivity contribution in [2.24, 2.45) is 5.41 Å². The molecule has 4 rings (SSSR count).